The molecule has 0 fully saturated rings. The van der Waals surface area contributed by atoms with Crippen molar-refractivity contribution in [1.82, 2.24) is 4.57 Å². The second-order valence-corrected chi connectivity index (χ2v) is 5.89. The summed E-state index contributed by atoms with van der Waals surface area (Å²) in [7, 11) is 1.96. The number of ether oxygens (including phenoxy) is 1. The molecule has 1 heterocycles. The number of fused-ring (bicyclic) bond motifs is 1. The third-order valence-corrected chi connectivity index (χ3v) is 4.49. The lowest BCUT2D eigenvalue weighted by Gasteiger charge is -2.06. The van der Waals surface area contributed by atoms with Crippen molar-refractivity contribution in [3.8, 4) is 11.5 Å². The first-order chi connectivity index (χ1) is 11.2. The van der Waals surface area contributed by atoms with Crippen molar-refractivity contribution in [2.75, 3.05) is 6.61 Å². The molecule has 0 aliphatic carbocycles. The number of hydrogen-bond acceptors (Lipinski definition) is 5. The number of benzene rings is 2. The van der Waals surface area contributed by atoms with E-state index in [9.17, 15) is 5.11 Å². The number of nitrogens with zero attached hydrogens (tertiary/aromatic N) is 3. The molecule has 6 heteroatoms. The van der Waals surface area contributed by atoms with E-state index in [1.54, 1.807) is 23.5 Å². The molecule has 1 N–H and O–H groups in total. The van der Waals surface area contributed by atoms with Crippen molar-refractivity contribution in [2.45, 2.75) is 6.92 Å². The second kappa shape index (κ2) is 6.66. The zero-order valence-corrected chi connectivity index (χ0v) is 13.7. The highest BCUT2D eigenvalue weighted by Crippen LogP contribution is 2.28. The van der Waals surface area contributed by atoms with Gasteiger partial charge in [0.25, 0.3) is 0 Å². The van der Waals surface area contributed by atoms with E-state index in [-0.39, 0.29) is 5.75 Å². The highest BCUT2D eigenvalue weighted by atomic mass is 32.1. The molecule has 0 bridgehead atoms. The Bertz CT molecular complexity index is 925. The van der Waals surface area contributed by atoms with Gasteiger partial charge in [-0.25, -0.2) is 0 Å². The molecule has 118 valence electrons. The summed E-state index contributed by atoms with van der Waals surface area (Å²) in [5.74, 6) is 0.526. The van der Waals surface area contributed by atoms with Gasteiger partial charge >= 0.3 is 0 Å². The van der Waals surface area contributed by atoms with Gasteiger partial charge < -0.3 is 14.4 Å². The Morgan fingerprint density at radius 3 is 2.83 bits per heavy atom. The quantitative estimate of drug-likeness (QED) is 0.590. The fourth-order valence-electron chi connectivity index (χ4n) is 2.23. The third kappa shape index (κ3) is 3.12. The number of hydrogen-bond donors (Lipinski definition) is 1. The molecule has 0 spiro atoms. The predicted octanol–water partition coefficient (Wildman–Crippen LogP) is 3.28. The van der Waals surface area contributed by atoms with Crippen molar-refractivity contribution in [2.24, 2.45) is 17.3 Å². The summed E-state index contributed by atoms with van der Waals surface area (Å²) >= 11 is 1.57. The number of aromatic nitrogens is 1. The lowest BCUT2D eigenvalue weighted by Crippen LogP contribution is -2.08. The SMILES string of the molecule is CCOc1cccc(C=NN=c2sc3ccccc3n2C)c1O. The third-order valence-electron chi connectivity index (χ3n) is 3.38. The molecule has 0 saturated carbocycles. The van der Waals surface area contributed by atoms with Crippen molar-refractivity contribution < 1.29 is 9.84 Å². The van der Waals surface area contributed by atoms with Gasteiger partial charge in [0.1, 0.15) is 0 Å². The van der Waals surface area contributed by atoms with E-state index in [0.29, 0.717) is 17.9 Å². The lowest BCUT2D eigenvalue weighted by atomic mass is 10.2. The molecule has 0 saturated heterocycles. The van der Waals surface area contributed by atoms with Gasteiger partial charge in [-0.2, -0.15) is 5.10 Å². The number of para-hydroxylation sites is 2. The smallest absolute Gasteiger partial charge is 0.211 e. The van der Waals surface area contributed by atoms with E-state index in [0.717, 1.165) is 15.0 Å². The highest BCUT2D eigenvalue weighted by Gasteiger charge is 2.05. The number of aryl methyl sites for hydroxylation is 1. The van der Waals surface area contributed by atoms with Crippen LogP contribution in [-0.4, -0.2) is 22.5 Å². The van der Waals surface area contributed by atoms with Crippen LogP contribution in [0.3, 0.4) is 0 Å². The zero-order chi connectivity index (χ0) is 16.2. The molecule has 0 atom stereocenters. The molecule has 0 radical (unpaired) electrons. The first-order valence-corrected chi connectivity index (χ1v) is 8.08. The summed E-state index contributed by atoms with van der Waals surface area (Å²) in [4.78, 5) is 0.794. The van der Waals surface area contributed by atoms with Crippen molar-refractivity contribution in [1.29, 1.82) is 0 Å². The Morgan fingerprint density at radius 2 is 2.04 bits per heavy atom. The van der Waals surface area contributed by atoms with Crippen LogP contribution in [0.15, 0.2) is 52.7 Å². The fraction of sp³-hybridized carbons (Fsp3) is 0.176. The van der Waals surface area contributed by atoms with Gasteiger partial charge in [0, 0.05) is 12.6 Å². The Labute approximate surface area is 137 Å². The minimum absolute atomic E-state index is 0.0778. The maximum Gasteiger partial charge on any atom is 0.211 e. The summed E-state index contributed by atoms with van der Waals surface area (Å²) < 4.78 is 8.51. The van der Waals surface area contributed by atoms with E-state index in [1.165, 1.54) is 6.21 Å². The minimum Gasteiger partial charge on any atom is -0.504 e. The standard InChI is InChI=1S/C17H17N3O2S/c1-3-22-14-9-6-7-12(16(14)21)11-18-19-17-20(2)13-8-4-5-10-15(13)23-17/h4-11,21H,3H2,1-2H3. The number of phenolic OH excluding ortho intramolecular Hbond substituents is 1. The molecule has 0 aliphatic heterocycles. The van der Waals surface area contributed by atoms with Crippen molar-refractivity contribution >= 4 is 27.8 Å². The summed E-state index contributed by atoms with van der Waals surface area (Å²) in [6.45, 7) is 2.37. The molecule has 0 aliphatic rings. The van der Waals surface area contributed by atoms with Gasteiger partial charge in [0.05, 0.1) is 23.0 Å². The summed E-state index contributed by atoms with van der Waals surface area (Å²) in [6, 6.07) is 13.4. The Hall–Kier alpha value is -2.60. The molecule has 23 heavy (non-hydrogen) atoms. The number of aromatic hydroxyl groups is 1. The molecule has 5 nitrogen and oxygen atoms in total. The molecular weight excluding hydrogens is 310 g/mol. The normalized spacial score (nSPS) is 12.3. The molecule has 1 aromatic heterocycles. The molecule has 0 unspecified atom stereocenters. The van der Waals surface area contributed by atoms with Crippen LogP contribution in [0.2, 0.25) is 0 Å². The maximum absolute atomic E-state index is 10.1. The molecular formula is C17H17N3O2S. The summed E-state index contributed by atoms with van der Waals surface area (Å²) in [6.07, 6.45) is 1.53. The minimum atomic E-state index is 0.0778. The van der Waals surface area contributed by atoms with Gasteiger partial charge in [-0.05, 0) is 31.2 Å². The van der Waals surface area contributed by atoms with Gasteiger partial charge in [-0.1, -0.05) is 29.5 Å². The monoisotopic (exact) mass is 327 g/mol. The Morgan fingerprint density at radius 1 is 1.22 bits per heavy atom. The van der Waals surface area contributed by atoms with Gasteiger partial charge in [0.2, 0.25) is 4.80 Å². The van der Waals surface area contributed by atoms with Crippen LogP contribution < -0.4 is 9.54 Å². The van der Waals surface area contributed by atoms with Crippen LogP contribution in [0.5, 0.6) is 11.5 Å². The highest BCUT2D eigenvalue weighted by molar-refractivity contribution is 7.16. The average Bonchev–Trinajstić information content (AvgIpc) is 2.88. The van der Waals surface area contributed by atoms with Crippen LogP contribution in [0, 0.1) is 0 Å². The maximum atomic E-state index is 10.1. The molecule has 2 aromatic carbocycles. The van der Waals surface area contributed by atoms with Crippen molar-refractivity contribution in [3.63, 3.8) is 0 Å². The first-order valence-electron chi connectivity index (χ1n) is 7.27. The first kappa shape index (κ1) is 15.3. The molecule has 3 aromatic rings. The molecule has 3 rings (SSSR count). The Kier molecular flexibility index (Phi) is 4.43. The van der Waals surface area contributed by atoms with Gasteiger partial charge in [-0.15, -0.1) is 5.10 Å². The number of rotatable bonds is 4. The van der Waals surface area contributed by atoms with Crippen LogP contribution in [0.4, 0.5) is 0 Å². The van der Waals surface area contributed by atoms with Crippen LogP contribution in [0.1, 0.15) is 12.5 Å². The van der Waals surface area contributed by atoms with E-state index >= 15 is 0 Å². The molecule has 0 amide bonds. The van der Waals surface area contributed by atoms with Crippen LogP contribution in [0.25, 0.3) is 10.2 Å². The predicted molar refractivity (Wildman–Crippen MR) is 93.2 cm³/mol. The van der Waals surface area contributed by atoms with E-state index in [1.807, 2.05) is 42.8 Å². The van der Waals surface area contributed by atoms with Crippen molar-refractivity contribution in [3.05, 3.63) is 52.8 Å². The Balaban J connectivity index is 1.94. The topological polar surface area (TPSA) is 59.1 Å². The lowest BCUT2D eigenvalue weighted by molar-refractivity contribution is 0.318. The number of phenols is 1. The van der Waals surface area contributed by atoms with E-state index in [2.05, 4.69) is 16.3 Å². The van der Waals surface area contributed by atoms with Crippen LogP contribution >= 0.6 is 11.3 Å². The second-order valence-electron chi connectivity index (χ2n) is 4.88. The van der Waals surface area contributed by atoms with Gasteiger partial charge in [-0.3, -0.25) is 0 Å². The van der Waals surface area contributed by atoms with E-state index in [4.69, 9.17) is 4.74 Å². The zero-order valence-electron chi connectivity index (χ0n) is 12.9. The number of thiazole rings is 1. The summed E-state index contributed by atoms with van der Waals surface area (Å²) in [5, 5.41) is 18.5. The van der Waals surface area contributed by atoms with Crippen LogP contribution in [-0.2, 0) is 7.05 Å². The van der Waals surface area contributed by atoms with E-state index < -0.39 is 0 Å². The summed E-state index contributed by atoms with van der Waals surface area (Å²) in [5.41, 5.74) is 1.69. The van der Waals surface area contributed by atoms with Gasteiger partial charge in [0.15, 0.2) is 11.5 Å². The average molecular weight is 327 g/mol. The fourth-order valence-corrected chi connectivity index (χ4v) is 3.21. The largest absolute Gasteiger partial charge is 0.504 e.